The zero-order valence-corrected chi connectivity index (χ0v) is 10.4. The van der Waals surface area contributed by atoms with E-state index in [-0.39, 0.29) is 5.54 Å². The maximum atomic E-state index is 5.90. The Hall–Kier alpha value is -0.0800. The lowest BCUT2D eigenvalue weighted by atomic mass is 9.88. The van der Waals surface area contributed by atoms with Gasteiger partial charge in [0, 0.05) is 12.1 Å². The Bertz CT molecular complexity index is 126. The number of hydrogen-bond acceptors (Lipinski definition) is 2. The van der Waals surface area contributed by atoms with Crippen LogP contribution in [0.15, 0.2) is 0 Å². The second kappa shape index (κ2) is 7.24. The standard InChI is InChI=1S/C12H28N2/c1-5-7-12(10-13,8-6-2)14-9-11(3)4/h11,14H,5-10,13H2,1-4H3. The van der Waals surface area contributed by atoms with Crippen LogP contribution >= 0.6 is 0 Å². The van der Waals surface area contributed by atoms with E-state index in [2.05, 4.69) is 33.0 Å². The Morgan fingerprint density at radius 3 is 1.93 bits per heavy atom. The van der Waals surface area contributed by atoms with Gasteiger partial charge in [0.25, 0.3) is 0 Å². The fourth-order valence-electron chi connectivity index (χ4n) is 1.96. The van der Waals surface area contributed by atoms with Gasteiger partial charge in [-0.05, 0) is 25.3 Å². The van der Waals surface area contributed by atoms with Gasteiger partial charge >= 0.3 is 0 Å². The van der Waals surface area contributed by atoms with Crippen LogP contribution in [0.4, 0.5) is 0 Å². The second-order valence-corrected chi connectivity index (χ2v) is 4.76. The molecule has 0 aliphatic heterocycles. The van der Waals surface area contributed by atoms with Crippen molar-refractivity contribution in [3.05, 3.63) is 0 Å². The van der Waals surface area contributed by atoms with Gasteiger partial charge in [0.2, 0.25) is 0 Å². The van der Waals surface area contributed by atoms with Crippen LogP contribution in [0.25, 0.3) is 0 Å². The van der Waals surface area contributed by atoms with Crippen molar-refractivity contribution in [2.75, 3.05) is 13.1 Å². The third-order valence-corrected chi connectivity index (χ3v) is 2.73. The summed E-state index contributed by atoms with van der Waals surface area (Å²) in [6.45, 7) is 10.8. The molecule has 0 unspecified atom stereocenters. The molecule has 2 nitrogen and oxygen atoms in total. The molecule has 3 N–H and O–H groups in total. The molecule has 0 spiro atoms. The van der Waals surface area contributed by atoms with Gasteiger partial charge in [-0.2, -0.15) is 0 Å². The van der Waals surface area contributed by atoms with Gasteiger partial charge in [-0.1, -0.05) is 40.5 Å². The molecule has 0 saturated carbocycles. The van der Waals surface area contributed by atoms with E-state index in [1.165, 1.54) is 25.7 Å². The number of hydrogen-bond donors (Lipinski definition) is 2. The summed E-state index contributed by atoms with van der Waals surface area (Å²) in [4.78, 5) is 0. The Morgan fingerprint density at radius 2 is 1.64 bits per heavy atom. The summed E-state index contributed by atoms with van der Waals surface area (Å²) in [5, 5.41) is 3.66. The fourth-order valence-corrected chi connectivity index (χ4v) is 1.96. The van der Waals surface area contributed by atoms with Gasteiger partial charge in [0.1, 0.15) is 0 Å². The maximum absolute atomic E-state index is 5.90. The Morgan fingerprint density at radius 1 is 1.14 bits per heavy atom. The number of nitrogens with two attached hydrogens (primary N) is 1. The Kier molecular flexibility index (Phi) is 7.20. The minimum absolute atomic E-state index is 0.202. The molecule has 0 radical (unpaired) electrons. The monoisotopic (exact) mass is 200 g/mol. The summed E-state index contributed by atoms with van der Waals surface area (Å²) in [6, 6.07) is 0. The molecular formula is C12H28N2. The van der Waals surface area contributed by atoms with Crippen molar-refractivity contribution in [1.29, 1.82) is 0 Å². The molecule has 0 aromatic heterocycles. The fraction of sp³-hybridized carbons (Fsp3) is 1.00. The number of rotatable bonds is 8. The first-order chi connectivity index (χ1) is 6.60. The van der Waals surface area contributed by atoms with Crippen LogP contribution in [0.5, 0.6) is 0 Å². The van der Waals surface area contributed by atoms with Crippen molar-refractivity contribution in [2.45, 2.75) is 58.9 Å². The normalized spacial score (nSPS) is 12.4. The molecule has 0 aliphatic rings. The topological polar surface area (TPSA) is 38.0 Å². The van der Waals surface area contributed by atoms with Crippen molar-refractivity contribution in [1.82, 2.24) is 5.32 Å². The predicted octanol–water partition coefficient (Wildman–Crippen LogP) is 2.53. The summed E-state index contributed by atoms with van der Waals surface area (Å²) < 4.78 is 0. The molecule has 0 bridgehead atoms. The zero-order valence-electron chi connectivity index (χ0n) is 10.4. The quantitative estimate of drug-likeness (QED) is 0.632. The molecule has 0 fully saturated rings. The lowest BCUT2D eigenvalue weighted by molar-refractivity contribution is 0.271. The Balaban J connectivity index is 4.17. The van der Waals surface area contributed by atoms with Crippen molar-refractivity contribution in [3.63, 3.8) is 0 Å². The lowest BCUT2D eigenvalue weighted by Crippen LogP contribution is -2.52. The van der Waals surface area contributed by atoms with Crippen molar-refractivity contribution in [2.24, 2.45) is 11.7 Å². The van der Waals surface area contributed by atoms with Crippen LogP contribution in [0, 0.1) is 5.92 Å². The van der Waals surface area contributed by atoms with Crippen LogP contribution in [0.3, 0.4) is 0 Å². The molecule has 0 atom stereocenters. The van der Waals surface area contributed by atoms with E-state index in [4.69, 9.17) is 5.73 Å². The van der Waals surface area contributed by atoms with Crippen molar-refractivity contribution >= 4 is 0 Å². The first-order valence-electron chi connectivity index (χ1n) is 6.05. The predicted molar refractivity (Wildman–Crippen MR) is 64.4 cm³/mol. The van der Waals surface area contributed by atoms with Crippen LogP contribution in [0.2, 0.25) is 0 Å². The van der Waals surface area contributed by atoms with E-state index in [1.807, 2.05) is 0 Å². The van der Waals surface area contributed by atoms with Gasteiger partial charge in [0.05, 0.1) is 0 Å². The summed E-state index contributed by atoms with van der Waals surface area (Å²) >= 11 is 0. The van der Waals surface area contributed by atoms with Crippen molar-refractivity contribution < 1.29 is 0 Å². The van der Waals surface area contributed by atoms with E-state index < -0.39 is 0 Å². The third kappa shape index (κ3) is 4.97. The van der Waals surface area contributed by atoms with E-state index >= 15 is 0 Å². The maximum Gasteiger partial charge on any atom is 0.0303 e. The average Bonchev–Trinajstić information content (AvgIpc) is 2.15. The highest BCUT2D eigenvalue weighted by molar-refractivity contribution is 4.88. The first-order valence-corrected chi connectivity index (χ1v) is 6.05. The van der Waals surface area contributed by atoms with Crippen molar-refractivity contribution in [3.8, 4) is 0 Å². The summed E-state index contributed by atoms with van der Waals surface area (Å²) in [5.41, 5.74) is 6.11. The van der Waals surface area contributed by atoms with E-state index in [0.29, 0.717) is 5.92 Å². The van der Waals surface area contributed by atoms with Crippen LogP contribution in [-0.2, 0) is 0 Å². The highest BCUT2D eigenvalue weighted by atomic mass is 15.0. The molecule has 14 heavy (non-hydrogen) atoms. The van der Waals surface area contributed by atoms with Crippen LogP contribution in [-0.4, -0.2) is 18.6 Å². The smallest absolute Gasteiger partial charge is 0.0303 e. The van der Waals surface area contributed by atoms with Crippen LogP contribution in [0.1, 0.15) is 53.4 Å². The average molecular weight is 200 g/mol. The first kappa shape index (κ1) is 13.9. The third-order valence-electron chi connectivity index (χ3n) is 2.73. The highest BCUT2D eigenvalue weighted by Gasteiger charge is 2.25. The van der Waals surface area contributed by atoms with Gasteiger partial charge in [-0.25, -0.2) is 0 Å². The lowest BCUT2D eigenvalue weighted by Gasteiger charge is -2.34. The summed E-state index contributed by atoms with van der Waals surface area (Å²) in [6.07, 6.45) is 4.82. The van der Waals surface area contributed by atoms with E-state index in [0.717, 1.165) is 13.1 Å². The molecular weight excluding hydrogens is 172 g/mol. The van der Waals surface area contributed by atoms with Gasteiger partial charge in [0.15, 0.2) is 0 Å². The van der Waals surface area contributed by atoms with Gasteiger partial charge in [-0.15, -0.1) is 0 Å². The molecule has 0 rings (SSSR count). The zero-order chi connectivity index (χ0) is 11.0. The molecule has 0 aliphatic carbocycles. The summed E-state index contributed by atoms with van der Waals surface area (Å²) in [5.74, 6) is 0.703. The minimum atomic E-state index is 0.202. The van der Waals surface area contributed by atoms with E-state index in [9.17, 15) is 0 Å². The molecule has 0 heterocycles. The molecule has 86 valence electrons. The van der Waals surface area contributed by atoms with Gasteiger partial charge < -0.3 is 11.1 Å². The van der Waals surface area contributed by atoms with Gasteiger partial charge in [-0.3, -0.25) is 0 Å². The minimum Gasteiger partial charge on any atom is -0.329 e. The molecule has 0 saturated heterocycles. The molecule has 0 aromatic carbocycles. The number of nitrogens with one attached hydrogen (secondary N) is 1. The molecule has 0 aromatic rings. The highest BCUT2D eigenvalue weighted by Crippen LogP contribution is 2.18. The molecule has 2 heteroatoms. The largest absolute Gasteiger partial charge is 0.329 e. The van der Waals surface area contributed by atoms with E-state index in [1.54, 1.807) is 0 Å². The SMILES string of the molecule is CCCC(CN)(CCC)NCC(C)C. The summed E-state index contributed by atoms with van der Waals surface area (Å²) in [7, 11) is 0. The molecule has 0 amide bonds. The van der Waals surface area contributed by atoms with Crippen LogP contribution < -0.4 is 11.1 Å². The second-order valence-electron chi connectivity index (χ2n) is 4.76. The Labute approximate surface area is 89.6 Å².